The topological polar surface area (TPSA) is 100 Å². The van der Waals surface area contributed by atoms with E-state index in [1.165, 1.54) is 7.11 Å². The lowest BCUT2D eigenvalue weighted by atomic mass is 10.1. The van der Waals surface area contributed by atoms with Crippen LogP contribution in [0.3, 0.4) is 0 Å². The molecule has 2 N–H and O–H groups in total. The molecule has 1 aliphatic heterocycles. The summed E-state index contributed by atoms with van der Waals surface area (Å²) in [5.74, 6) is 0.615. The Balaban J connectivity index is 1.43. The minimum Gasteiger partial charge on any atom is -0.496 e. The lowest BCUT2D eigenvalue weighted by molar-refractivity contribution is 0.0982. The molecule has 2 aromatic heterocycles. The van der Waals surface area contributed by atoms with Crippen LogP contribution in [0.25, 0.3) is 11.0 Å². The third-order valence-corrected chi connectivity index (χ3v) is 6.07. The predicted molar refractivity (Wildman–Crippen MR) is 131 cm³/mol. The van der Waals surface area contributed by atoms with Crippen molar-refractivity contribution in [1.29, 1.82) is 0 Å². The highest BCUT2D eigenvalue weighted by molar-refractivity contribution is 6.11. The maximum absolute atomic E-state index is 13.4. The Morgan fingerprint density at radius 2 is 2.03 bits per heavy atom. The number of rotatable bonds is 4. The minimum absolute atomic E-state index is 0.141. The second-order valence-electron chi connectivity index (χ2n) is 8.31. The number of carbonyl (C=O) groups is 2. The fraction of sp³-hybridized carbons (Fsp3) is 0.231. The number of ether oxygens (including phenoxy) is 1. The summed E-state index contributed by atoms with van der Waals surface area (Å²) in [7, 11) is 1.49. The number of pyridine rings is 1. The molecule has 0 spiro atoms. The number of aromatic nitrogens is 3. The van der Waals surface area contributed by atoms with Crippen LogP contribution in [-0.2, 0) is 6.42 Å². The molecule has 0 radical (unpaired) electrons. The molecule has 0 saturated carbocycles. The number of hydrogen-bond donors (Lipinski definition) is 2. The Bertz CT molecular complexity index is 1390. The molecular weight excluding hydrogens is 430 g/mol. The molecule has 1 aliphatic rings. The minimum atomic E-state index is -0.340. The largest absolute Gasteiger partial charge is 0.496 e. The molecule has 3 heterocycles. The number of hydrogen-bond acceptors (Lipinski definition) is 5. The highest BCUT2D eigenvalue weighted by Gasteiger charge is 2.24. The number of methoxy groups -OCH3 is 1. The highest BCUT2D eigenvalue weighted by Crippen LogP contribution is 2.29. The maximum Gasteiger partial charge on any atom is 0.259 e. The summed E-state index contributed by atoms with van der Waals surface area (Å²) in [6.07, 6.45) is 6.36. The first-order valence-electron chi connectivity index (χ1n) is 11.2. The van der Waals surface area contributed by atoms with Crippen LogP contribution < -0.4 is 15.0 Å². The SMILES string of the molecule is COc1cc(C(=O)N2CCCCc3ccncc32)ccc1C(=O)Nc1cccc2[nH]c(C)nc12. The van der Waals surface area contributed by atoms with Crippen molar-refractivity contribution in [3.8, 4) is 5.75 Å². The second kappa shape index (κ2) is 8.97. The number of aromatic amines is 1. The van der Waals surface area contributed by atoms with E-state index in [0.29, 0.717) is 34.6 Å². The zero-order chi connectivity index (χ0) is 23.7. The third-order valence-electron chi connectivity index (χ3n) is 6.07. The van der Waals surface area contributed by atoms with Gasteiger partial charge in [0.05, 0.1) is 35.8 Å². The standard InChI is InChI=1S/C26H25N5O3/c1-16-28-20-7-5-8-21(24(20)29-16)30-25(32)19-10-9-18(14-23(19)34-2)26(33)31-13-4-3-6-17-11-12-27-15-22(17)31/h5,7-12,14-15H,3-4,6,13H2,1-2H3,(H,28,29)(H,30,32). The number of imidazole rings is 1. The number of para-hydroxylation sites is 1. The Hall–Kier alpha value is -4.20. The van der Waals surface area contributed by atoms with Crippen molar-refractivity contribution in [3.63, 3.8) is 0 Å². The first-order chi connectivity index (χ1) is 16.5. The van der Waals surface area contributed by atoms with Crippen LogP contribution in [-0.4, -0.2) is 40.4 Å². The Morgan fingerprint density at radius 3 is 2.88 bits per heavy atom. The van der Waals surface area contributed by atoms with Crippen molar-refractivity contribution < 1.29 is 14.3 Å². The van der Waals surface area contributed by atoms with Gasteiger partial charge in [0.25, 0.3) is 11.8 Å². The van der Waals surface area contributed by atoms with Gasteiger partial charge in [-0.05, 0) is 68.1 Å². The molecule has 8 nitrogen and oxygen atoms in total. The summed E-state index contributed by atoms with van der Waals surface area (Å²) < 4.78 is 5.50. The maximum atomic E-state index is 13.4. The monoisotopic (exact) mass is 455 g/mol. The number of aryl methyl sites for hydroxylation is 2. The lowest BCUT2D eigenvalue weighted by Gasteiger charge is -2.23. The van der Waals surface area contributed by atoms with Gasteiger partial charge >= 0.3 is 0 Å². The van der Waals surface area contributed by atoms with E-state index < -0.39 is 0 Å². The zero-order valence-corrected chi connectivity index (χ0v) is 19.1. The number of benzene rings is 2. The van der Waals surface area contributed by atoms with E-state index in [4.69, 9.17) is 4.74 Å². The van der Waals surface area contributed by atoms with Crippen molar-refractivity contribution in [2.75, 3.05) is 23.9 Å². The number of H-pyrrole nitrogens is 1. The van der Waals surface area contributed by atoms with Crippen molar-refractivity contribution in [2.45, 2.75) is 26.2 Å². The van der Waals surface area contributed by atoms with Crippen LogP contribution in [0.5, 0.6) is 5.75 Å². The number of amides is 2. The van der Waals surface area contributed by atoms with Gasteiger partial charge in [-0.2, -0.15) is 0 Å². The molecule has 34 heavy (non-hydrogen) atoms. The molecular formula is C26H25N5O3. The third kappa shape index (κ3) is 3.98. The average molecular weight is 456 g/mol. The zero-order valence-electron chi connectivity index (χ0n) is 19.1. The van der Waals surface area contributed by atoms with Gasteiger partial charge in [-0.1, -0.05) is 6.07 Å². The van der Waals surface area contributed by atoms with E-state index in [-0.39, 0.29) is 11.8 Å². The van der Waals surface area contributed by atoms with E-state index in [9.17, 15) is 9.59 Å². The van der Waals surface area contributed by atoms with Gasteiger partial charge in [-0.3, -0.25) is 14.6 Å². The first kappa shape index (κ1) is 21.6. The quantitative estimate of drug-likeness (QED) is 0.472. The van der Waals surface area contributed by atoms with E-state index >= 15 is 0 Å². The molecule has 4 aromatic rings. The van der Waals surface area contributed by atoms with Crippen molar-refractivity contribution in [1.82, 2.24) is 15.0 Å². The van der Waals surface area contributed by atoms with Gasteiger partial charge in [0.2, 0.25) is 0 Å². The van der Waals surface area contributed by atoms with Gasteiger partial charge in [-0.15, -0.1) is 0 Å². The van der Waals surface area contributed by atoms with Crippen LogP contribution in [0, 0.1) is 6.92 Å². The molecule has 0 aliphatic carbocycles. The molecule has 0 unspecified atom stereocenters. The van der Waals surface area contributed by atoms with Crippen LogP contribution in [0.1, 0.15) is 44.9 Å². The van der Waals surface area contributed by atoms with Crippen molar-refractivity contribution in [2.24, 2.45) is 0 Å². The Labute approximate surface area is 197 Å². The normalized spacial score (nSPS) is 13.3. The fourth-order valence-electron chi connectivity index (χ4n) is 4.40. The summed E-state index contributed by atoms with van der Waals surface area (Å²) in [5.41, 5.74) is 4.88. The van der Waals surface area contributed by atoms with E-state index in [0.717, 1.165) is 41.9 Å². The second-order valence-corrected chi connectivity index (χ2v) is 8.31. The summed E-state index contributed by atoms with van der Waals surface area (Å²) in [5, 5.41) is 2.92. The number of fused-ring (bicyclic) bond motifs is 2. The van der Waals surface area contributed by atoms with Crippen molar-refractivity contribution in [3.05, 3.63) is 77.4 Å². The molecule has 2 amide bonds. The van der Waals surface area contributed by atoms with E-state index in [1.807, 2.05) is 25.1 Å². The van der Waals surface area contributed by atoms with Crippen LogP contribution in [0.15, 0.2) is 54.9 Å². The highest BCUT2D eigenvalue weighted by atomic mass is 16.5. The number of anilines is 2. The number of nitrogens with one attached hydrogen (secondary N) is 2. The summed E-state index contributed by atoms with van der Waals surface area (Å²) >= 11 is 0. The Morgan fingerprint density at radius 1 is 1.15 bits per heavy atom. The smallest absolute Gasteiger partial charge is 0.259 e. The molecule has 172 valence electrons. The van der Waals surface area contributed by atoms with Crippen molar-refractivity contribution >= 4 is 34.2 Å². The summed E-state index contributed by atoms with van der Waals surface area (Å²) in [6, 6.07) is 12.4. The molecule has 0 saturated heterocycles. The molecule has 5 rings (SSSR count). The van der Waals surface area contributed by atoms with Crippen LogP contribution in [0.4, 0.5) is 11.4 Å². The number of nitrogens with zero attached hydrogens (tertiary/aromatic N) is 3. The Kier molecular flexibility index (Phi) is 5.71. The first-order valence-corrected chi connectivity index (χ1v) is 11.2. The predicted octanol–water partition coefficient (Wildman–Crippen LogP) is 4.51. The fourth-order valence-corrected chi connectivity index (χ4v) is 4.40. The van der Waals surface area contributed by atoms with Crippen LogP contribution >= 0.6 is 0 Å². The number of carbonyl (C=O) groups excluding carboxylic acids is 2. The van der Waals surface area contributed by atoms with E-state index in [2.05, 4.69) is 20.3 Å². The molecule has 0 atom stereocenters. The van der Waals surface area contributed by atoms with Gasteiger partial charge in [0.15, 0.2) is 0 Å². The molecule has 0 fully saturated rings. The van der Waals surface area contributed by atoms with Gasteiger partial charge in [-0.25, -0.2) is 4.98 Å². The van der Waals surface area contributed by atoms with Gasteiger partial charge in [0, 0.05) is 18.3 Å². The van der Waals surface area contributed by atoms with Crippen LogP contribution in [0.2, 0.25) is 0 Å². The molecule has 2 aromatic carbocycles. The molecule has 0 bridgehead atoms. The van der Waals surface area contributed by atoms with Gasteiger partial charge in [0.1, 0.15) is 17.1 Å². The summed E-state index contributed by atoms with van der Waals surface area (Å²) in [4.78, 5) is 40.2. The summed E-state index contributed by atoms with van der Waals surface area (Å²) in [6.45, 7) is 2.48. The molecule has 8 heteroatoms. The van der Waals surface area contributed by atoms with E-state index in [1.54, 1.807) is 41.6 Å². The van der Waals surface area contributed by atoms with Gasteiger partial charge < -0.3 is 19.9 Å². The lowest BCUT2D eigenvalue weighted by Crippen LogP contribution is -2.32. The average Bonchev–Trinajstić information content (AvgIpc) is 3.11.